The Kier molecular flexibility index (Phi) is 4.40. The molecule has 5 heteroatoms. The molecule has 1 saturated carbocycles. The fourth-order valence-electron chi connectivity index (χ4n) is 3.11. The molecule has 1 aromatic heterocycles. The van der Waals surface area contributed by atoms with Crippen molar-refractivity contribution in [2.75, 3.05) is 7.05 Å². The Morgan fingerprint density at radius 2 is 2.00 bits per heavy atom. The minimum absolute atomic E-state index is 0.121. The molecule has 3 rings (SSSR count). The molecule has 0 unspecified atom stereocenters. The van der Waals surface area contributed by atoms with Crippen LogP contribution in [0, 0.1) is 0 Å². The zero-order chi connectivity index (χ0) is 14.7. The van der Waals surface area contributed by atoms with E-state index in [0.717, 1.165) is 22.3 Å². The van der Waals surface area contributed by atoms with Gasteiger partial charge in [0.2, 0.25) is 11.7 Å². The Bertz CT molecular complexity index is 605. The third-order valence-corrected chi connectivity index (χ3v) is 5.10. The van der Waals surface area contributed by atoms with E-state index in [1.54, 1.807) is 0 Å². The number of hydrogen-bond donors (Lipinski definition) is 1. The first-order chi connectivity index (χ1) is 10.2. The van der Waals surface area contributed by atoms with Gasteiger partial charge in [0.1, 0.15) is 0 Å². The van der Waals surface area contributed by atoms with E-state index >= 15 is 0 Å². The molecule has 2 aromatic rings. The first-order valence-electron chi connectivity index (χ1n) is 7.49. The lowest BCUT2D eigenvalue weighted by atomic mass is 9.79. The number of hydrogen-bond acceptors (Lipinski definition) is 4. The summed E-state index contributed by atoms with van der Waals surface area (Å²) in [7, 11) is 2.04. The Morgan fingerprint density at radius 1 is 1.24 bits per heavy atom. The summed E-state index contributed by atoms with van der Waals surface area (Å²) in [4.78, 5) is 4.58. The molecule has 1 heterocycles. The van der Waals surface area contributed by atoms with Crippen molar-refractivity contribution in [2.45, 2.75) is 44.1 Å². The zero-order valence-corrected chi connectivity index (χ0v) is 13.8. The van der Waals surface area contributed by atoms with Gasteiger partial charge in [0.25, 0.3) is 0 Å². The first-order valence-corrected chi connectivity index (χ1v) is 8.28. The molecule has 1 aliphatic carbocycles. The molecule has 21 heavy (non-hydrogen) atoms. The molecule has 0 amide bonds. The highest BCUT2D eigenvalue weighted by Gasteiger charge is 2.32. The molecule has 0 atom stereocenters. The number of nitrogens with one attached hydrogen (secondary N) is 1. The minimum Gasteiger partial charge on any atom is -0.339 e. The van der Waals surface area contributed by atoms with Crippen molar-refractivity contribution in [1.82, 2.24) is 15.5 Å². The van der Waals surface area contributed by atoms with E-state index in [1.807, 2.05) is 31.3 Å². The standard InChI is InChI=1S/C16H20BrN3O/c1-18-16(9-5-2-6-10-16)11-14-19-15(20-21-14)12-7-3-4-8-13(12)17/h3-4,7-8,18H,2,5-6,9-11H2,1H3. The van der Waals surface area contributed by atoms with Gasteiger partial charge in [0.15, 0.2) is 0 Å². The molecule has 0 radical (unpaired) electrons. The van der Waals surface area contributed by atoms with Crippen LogP contribution < -0.4 is 5.32 Å². The van der Waals surface area contributed by atoms with Crippen LogP contribution >= 0.6 is 15.9 Å². The molecule has 0 aliphatic heterocycles. The van der Waals surface area contributed by atoms with Gasteiger partial charge < -0.3 is 9.84 Å². The van der Waals surface area contributed by atoms with Crippen LogP contribution in [0.15, 0.2) is 33.3 Å². The van der Waals surface area contributed by atoms with Crippen LogP contribution in [-0.2, 0) is 6.42 Å². The first kappa shape index (κ1) is 14.7. The fraction of sp³-hybridized carbons (Fsp3) is 0.500. The van der Waals surface area contributed by atoms with Gasteiger partial charge in [-0.3, -0.25) is 0 Å². The van der Waals surface area contributed by atoms with Crippen LogP contribution in [0.3, 0.4) is 0 Å². The van der Waals surface area contributed by atoms with Gasteiger partial charge >= 0.3 is 0 Å². The second kappa shape index (κ2) is 6.28. The van der Waals surface area contributed by atoms with Crippen LogP contribution in [0.5, 0.6) is 0 Å². The molecule has 1 fully saturated rings. The van der Waals surface area contributed by atoms with Gasteiger partial charge in [-0.05, 0) is 32.0 Å². The van der Waals surface area contributed by atoms with Crippen molar-refractivity contribution in [3.63, 3.8) is 0 Å². The van der Waals surface area contributed by atoms with Crippen LogP contribution in [0.1, 0.15) is 38.0 Å². The van der Waals surface area contributed by atoms with Gasteiger partial charge in [-0.25, -0.2) is 0 Å². The van der Waals surface area contributed by atoms with Crippen LogP contribution in [0.25, 0.3) is 11.4 Å². The van der Waals surface area contributed by atoms with Crippen molar-refractivity contribution in [3.8, 4) is 11.4 Å². The maximum absolute atomic E-state index is 5.48. The second-order valence-corrected chi connectivity index (χ2v) is 6.61. The summed E-state index contributed by atoms with van der Waals surface area (Å²) in [5, 5.41) is 7.62. The number of aromatic nitrogens is 2. The highest BCUT2D eigenvalue weighted by molar-refractivity contribution is 9.10. The highest BCUT2D eigenvalue weighted by Crippen LogP contribution is 2.32. The monoisotopic (exact) mass is 349 g/mol. The molecule has 4 nitrogen and oxygen atoms in total. The van der Waals surface area contributed by atoms with Crippen molar-refractivity contribution < 1.29 is 4.52 Å². The third kappa shape index (κ3) is 3.19. The molecular formula is C16H20BrN3O. The lowest BCUT2D eigenvalue weighted by Crippen LogP contribution is -2.46. The van der Waals surface area contributed by atoms with Gasteiger partial charge in [-0.1, -0.05) is 52.5 Å². The normalized spacial score (nSPS) is 17.8. The number of benzene rings is 1. The molecule has 0 bridgehead atoms. The largest absolute Gasteiger partial charge is 0.339 e. The number of likely N-dealkylation sites (N-methyl/N-ethyl adjacent to an activating group) is 1. The van der Waals surface area contributed by atoms with Crippen LogP contribution in [0.2, 0.25) is 0 Å². The smallest absolute Gasteiger partial charge is 0.228 e. The van der Waals surface area contributed by atoms with Gasteiger partial charge in [0.05, 0.1) is 0 Å². The molecule has 1 N–H and O–H groups in total. The number of rotatable bonds is 4. The third-order valence-electron chi connectivity index (χ3n) is 4.41. The van der Waals surface area contributed by atoms with Crippen molar-refractivity contribution in [2.24, 2.45) is 0 Å². The zero-order valence-electron chi connectivity index (χ0n) is 12.2. The van der Waals surface area contributed by atoms with E-state index in [2.05, 4.69) is 31.4 Å². The second-order valence-electron chi connectivity index (χ2n) is 5.76. The Balaban J connectivity index is 1.80. The SMILES string of the molecule is CNC1(Cc2nc(-c3ccccc3Br)no2)CCCCC1. The average molecular weight is 350 g/mol. The van der Waals surface area contributed by atoms with Crippen molar-refractivity contribution in [1.29, 1.82) is 0 Å². The Labute approximate surface area is 133 Å². The predicted molar refractivity (Wildman–Crippen MR) is 86.0 cm³/mol. The maximum atomic E-state index is 5.48. The summed E-state index contributed by atoms with van der Waals surface area (Å²) in [6.07, 6.45) is 7.03. The summed E-state index contributed by atoms with van der Waals surface area (Å²) < 4.78 is 6.47. The molecule has 112 valence electrons. The Morgan fingerprint density at radius 3 is 2.71 bits per heavy atom. The van der Waals surface area contributed by atoms with Gasteiger partial charge in [-0.2, -0.15) is 4.98 Å². The van der Waals surface area contributed by atoms with E-state index in [4.69, 9.17) is 4.52 Å². The number of halogens is 1. The van der Waals surface area contributed by atoms with Crippen LogP contribution in [0.4, 0.5) is 0 Å². The lowest BCUT2D eigenvalue weighted by Gasteiger charge is -2.36. The average Bonchev–Trinajstić information content (AvgIpc) is 2.97. The summed E-state index contributed by atoms with van der Waals surface area (Å²) in [6, 6.07) is 7.94. The van der Waals surface area contributed by atoms with Crippen LogP contribution in [-0.4, -0.2) is 22.7 Å². The van der Waals surface area contributed by atoms with Crippen molar-refractivity contribution >= 4 is 15.9 Å². The van der Waals surface area contributed by atoms with E-state index in [0.29, 0.717) is 5.82 Å². The summed E-state index contributed by atoms with van der Waals surface area (Å²) >= 11 is 3.53. The van der Waals surface area contributed by atoms with Gasteiger partial charge in [-0.15, -0.1) is 0 Å². The topological polar surface area (TPSA) is 51.0 Å². The number of nitrogens with zero attached hydrogens (tertiary/aromatic N) is 2. The van der Waals surface area contributed by atoms with Crippen molar-refractivity contribution in [3.05, 3.63) is 34.6 Å². The van der Waals surface area contributed by atoms with E-state index in [1.165, 1.54) is 32.1 Å². The maximum Gasteiger partial charge on any atom is 0.228 e. The minimum atomic E-state index is 0.121. The van der Waals surface area contributed by atoms with E-state index < -0.39 is 0 Å². The van der Waals surface area contributed by atoms with Gasteiger partial charge in [0, 0.05) is 22.0 Å². The molecular weight excluding hydrogens is 330 g/mol. The predicted octanol–water partition coefficient (Wildman–Crippen LogP) is 3.96. The molecule has 1 aromatic carbocycles. The van der Waals surface area contributed by atoms with E-state index in [9.17, 15) is 0 Å². The quantitative estimate of drug-likeness (QED) is 0.907. The molecule has 0 saturated heterocycles. The molecule has 0 spiro atoms. The summed E-state index contributed by atoms with van der Waals surface area (Å²) in [5.41, 5.74) is 1.09. The summed E-state index contributed by atoms with van der Waals surface area (Å²) in [5.74, 6) is 1.37. The van der Waals surface area contributed by atoms with E-state index in [-0.39, 0.29) is 5.54 Å². The summed E-state index contributed by atoms with van der Waals surface area (Å²) in [6.45, 7) is 0. The Hall–Kier alpha value is -1.20. The fourth-order valence-corrected chi connectivity index (χ4v) is 3.57. The highest BCUT2D eigenvalue weighted by atomic mass is 79.9. The lowest BCUT2D eigenvalue weighted by molar-refractivity contribution is 0.221. The molecule has 1 aliphatic rings.